The van der Waals surface area contributed by atoms with Gasteiger partial charge in [0.1, 0.15) is 4.99 Å². The van der Waals surface area contributed by atoms with Crippen LogP contribution in [-0.4, -0.2) is 10.2 Å². The van der Waals surface area contributed by atoms with E-state index in [1.54, 1.807) is 11.8 Å². The molecule has 0 aliphatic carbocycles. The lowest BCUT2D eigenvalue weighted by atomic mass is 10.1. The fourth-order valence-electron chi connectivity index (χ4n) is 1.32. The molecular formula is C7H16N2S. The summed E-state index contributed by atoms with van der Waals surface area (Å²) in [5, 5.41) is 0.698. The maximum atomic E-state index is 5.78. The summed E-state index contributed by atoms with van der Waals surface area (Å²) in [6.45, 7) is 2.19. The van der Waals surface area contributed by atoms with Crippen LogP contribution in [0.3, 0.4) is 0 Å². The molecule has 0 amide bonds. The molecule has 0 aromatic rings. The van der Waals surface area contributed by atoms with Gasteiger partial charge in [0.2, 0.25) is 0 Å². The highest BCUT2D eigenvalue weighted by Crippen LogP contribution is 2.35. The van der Waals surface area contributed by atoms with Gasteiger partial charge in [0, 0.05) is 5.25 Å². The first-order chi connectivity index (χ1) is 4.64. The predicted molar refractivity (Wildman–Crippen MR) is 46.6 cm³/mol. The molecule has 1 unspecified atom stereocenters. The van der Waals surface area contributed by atoms with Crippen molar-refractivity contribution in [2.45, 2.75) is 42.9 Å². The SMILES string of the molecule is CCC1CCCC(N)(N)S1. The van der Waals surface area contributed by atoms with Gasteiger partial charge < -0.3 is 11.5 Å². The van der Waals surface area contributed by atoms with Crippen LogP contribution in [0.15, 0.2) is 0 Å². The third-order valence-corrected chi connectivity index (χ3v) is 3.48. The Hall–Kier alpha value is 0.270. The number of rotatable bonds is 1. The van der Waals surface area contributed by atoms with E-state index in [0.29, 0.717) is 5.25 Å². The molecule has 60 valence electrons. The van der Waals surface area contributed by atoms with E-state index < -0.39 is 4.99 Å². The normalized spacial score (nSPS) is 32.1. The molecule has 0 radical (unpaired) electrons. The molecule has 0 saturated carbocycles. The highest BCUT2D eigenvalue weighted by molar-refractivity contribution is 8.01. The molecule has 1 rings (SSSR count). The molecule has 0 bridgehead atoms. The Morgan fingerprint density at radius 2 is 2.30 bits per heavy atom. The second kappa shape index (κ2) is 3.11. The number of nitrogens with two attached hydrogens (primary N) is 2. The van der Waals surface area contributed by atoms with Gasteiger partial charge in [-0.05, 0) is 25.7 Å². The first kappa shape index (κ1) is 8.37. The van der Waals surface area contributed by atoms with Gasteiger partial charge >= 0.3 is 0 Å². The largest absolute Gasteiger partial charge is 0.305 e. The molecule has 1 heterocycles. The Balaban J connectivity index is 2.40. The minimum absolute atomic E-state index is 0.432. The van der Waals surface area contributed by atoms with Crippen molar-refractivity contribution in [1.82, 2.24) is 0 Å². The highest BCUT2D eigenvalue weighted by Gasteiger charge is 2.28. The van der Waals surface area contributed by atoms with Gasteiger partial charge in [-0.3, -0.25) is 0 Å². The maximum absolute atomic E-state index is 5.78. The van der Waals surface area contributed by atoms with Gasteiger partial charge in [0.05, 0.1) is 0 Å². The van der Waals surface area contributed by atoms with Crippen LogP contribution >= 0.6 is 11.8 Å². The van der Waals surface area contributed by atoms with Gasteiger partial charge in [0.15, 0.2) is 0 Å². The van der Waals surface area contributed by atoms with Crippen LogP contribution in [0.2, 0.25) is 0 Å². The minimum Gasteiger partial charge on any atom is -0.305 e. The first-order valence-electron chi connectivity index (χ1n) is 3.89. The molecular weight excluding hydrogens is 144 g/mol. The quantitative estimate of drug-likeness (QED) is 0.568. The van der Waals surface area contributed by atoms with E-state index in [0.717, 1.165) is 6.42 Å². The summed E-state index contributed by atoms with van der Waals surface area (Å²) in [5.74, 6) is 0. The molecule has 2 nitrogen and oxygen atoms in total. The Bertz CT molecular complexity index is 114. The second-order valence-corrected chi connectivity index (χ2v) is 4.66. The molecule has 0 aromatic heterocycles. The molecule has 1 aliphatic heterocycles. The Labute approximate surface area is 66.7 Å². The van der Waals surface area contributed by atoms with E-state index in [2.05, 4.69) is 6.92 Å². The van der Waals surface area contributed by atoms with E-state index in [-0.39, 0.29) is 0 Å². The summed E-state index contributed by atoms with van der Waals surface area (Å²) >= 11 is 1.74. The van der Waals surface area contributed by atoms with Crippen molar-refractivity contribution in [3.05, 3.63) is 0 Å². The van der Waals surface area contributed by atoms with E-state index in [1.807, 2.05) is 0 Å². The summed E-state index contributed by atoms with van der Waals surface area (Å²) in [4.78, 5) is -0.432. The van der Waals surface area contributed by atoms with Gasteiger partial charge in [0.25, 0.3) is 0 Å². The van der Waals surface area contributed by atoms with Gasteiger partial charge in [-0.25, -0.2) is 0 Å². The Morgan fingerprint density at radius 1 is 1.60 bits per heavy atom. The molecule has 0 spiro atoms. The third-order valence-electron chi connectivity index (χ3n) is 1.94. The zero-order valence-corrected chi connectivity index (χ0v) is 7.29. The zero-order valence-electron chi connectivity index (χ0n) is 6.47. The van der Waals surface area contributed by atoms with Crippen LogP contribution in [0, 0.1) is 0 Å². The van der Waals surface area contributed by atoms with Crippen LogP contribution in [0.4, 0.5) is 0 Å². The Kier molecular flexibility index (Phi) is 2.61. The fourth-order valence-corrected chi connectivity index (χ4v) is 2.66. The molecule has 10 heavy (non-hydrogen) atoms. The lowest BCUT2D eigenvalue weighted by molar-refractivity contribution is 0.497. The van der Waals surface area contributed by atoms with Crippen molar-refractivity contribution in [1.29, 1.82) is 0 Å². The van der Waals surface area contributed by atoms with Crippen LogP contribution < -0.4 is 11.5 Å². The fraction of sp³-hybridized carbons (Fsp3) is 1.00. The van der Waals surface area contributed by atoms with Crippen molar-refractivity contribution >= 4 is 11.8 Å². The van der Waals surface area contributed by atoms with Crippen LogP contribution in [0.1, 0.15) is 32.6 Å². The minimum atomic E-state index is -0.432. The summed E-state index contributed by atoms with van der Waals surface area (Å²) in [7, 11) is 0. The Morgan fingerprint density at radius 3 is 2.70 bits per heavy atom. The van der Waals surface area contributed by atoms with Crippen LogP contribution in [0.25, 0.3) is 0 Å². The summed E-state index contributed by atoms with van der Waals surface area (Å²) < 4.78 is 0. The van der Waals surface area contributed by atoms with Crippen molar-refractivity contribution in [2.24, 2.45) is 11.5 Å². The summed E-state index contributed by atoms with van der Waals surface area (Å²) in [6.07, 6.45) is 4.64. The highest BCUT2D eigenvalue weighted by atomic mass is 32.2. The van der Waals surface area contributed by atoms with Crippen LogP contribution in [0.5, 0.6) is 0 Å². The molecule has 4 N–H and O–H groups in total. The first-order valence-corrected chi connectivity index (χ1v) is 4.77. The van der Waals surface area contributed by atoms with Crippen LogP contribution in [-0.2, 0) is 0 Å². The van der Waals surface area contributed by atoms with Gasteiger partial charge in [-0.2, -0.15) is 0 Å². The number of thioether (sulfide) groups is 1. The standard InChI is InChI=1S/C7H16N2S/c1-2-6-4-3-5-7(8,9)10-6/h6H,2-5,8-9H2,1H3. The molecule has 1 atom stereocenters. The second-order valence-electron chi connectivity index (χ2n) is 3.00. The lowest BCUT2D eigenvalue weighted by Gasteiger charge is -2.33. The predicted octanol–water partition coefficient (Wildman–Crippen LogP) is 1.25. The van der Waals surface area contributed by atoms with E-state index in [9.17, 15) is 0 Å². The smallest absolute Gasteiger partial charge is 0.112 e. The molecule has 1 aliphatic rings. The number of hydrogen-bond donors (Lipinski definition) is 2. The van der Waals surface area contributed by atoms with E-state index in [4.69, 9.17) is 11.5 Å². The molecule has 1 saturated heterocycles. The lowest BCUT2D eigenvalue weighted by Crippen LogP contribution is -2.49. The molecule has 1 fully saturated rings. The van der Waals surface area contributed by atoms with Gasteiger partial charge in [-0.15, -0.1) is 11.8 Å². The maximum Gasteiger partial charge on any atom is 0.112 e. The average molecular weight is 160 g/mol. The van der Waals surface area contributed by atoms with E-state index in [1.165, 1.54) is 19.3 Å². The summed E-state index contributed by atoms with van der Waals surface area (Å²) in [5.41, 5.74) is 11.6. The molecule has 0 aromatic carbocycles. The molecule has 3 heteroatoms. The van der Waals surface area contributed by atoms with Crippen molar-refractivity contribution in [2.75, 3.05) is 0 Å². The van der Waals surface area contributed by atoms with E-state index >= 15 is 0 Å². The summed E-state index contributed by atoms with van der Waals surface area (Å²) in [6, 6.07) is 0. The third kappa shape index (κ3) is 2.15. The van der Waals surface area contributed by atoms with Gasteiger partial charge in [-0.1, -0.05) is 6.92 Å². The average Bonchev–Trinajstić information content (AvgIpc) is 1.86. The van der Waals surface area contributed by atoms with Crippen molar-refractivity contribution < 1.29 is 0 Å². The van der Waals surface area contributed by atoms with Crippen molar-refractivity contribution in [3.63, 3.8) is 0 Å². The number of hydrogen-bond acceptors (Lipinski definition) is 3. The van der Waals surface area contributed by atoms with Crippen molar-refractivity contribution in [3.8, 4) is 0 Å². The zero-order chi connectivity index (χ0) is 7.61. The monoisotopic (exact) mass is 160 g/mol. The topological polar surface area (TPSA) is 52.0 Å².